The molecule has 6 nitrogen and oxygen atoms in total. The van der Waals surface area contributed by atoms with E-state index < -0.39 is 0 Å². The maximum Gasteiger partial charge on any atom is 0.309 e. The van der Waals surface area contributed by atoms with Crippen LogP contribution in [0, 0.1) is 31.6 Å². The summed E-state index contributed by atoms with van der Waals surface area (Å²) in [5.74, 6) is -0.169. The predicted molar refractivity (Wildman–Crippen MR) is 119 cm³/mol. The van der Waals surface area contributed by atoms with Gasteiger partial charge in [-0.2, -0.15) is 0 Å². The smallest absolute Gasteiger partial charge is 0.309 e. The topological polar surface area (TPSA) is 76.6 Å². The Kier molecular flexibility index (Phi) is 6.23. The maximum absolute atomic E-state index is 12.6. The van der Waals surface area contributed by atoms with Crippen molar-refractivity contribution in [2.24, 2.45) is 17.8 Å². The highest BCUT2D eigenvalue weighted by atomic mass is 32.1. The minimum absolute atomic E-state index is 0.0259. The first-order chi connectivity index (χ1) is 14.8. The lowest BCUT2D eigenvalue weighted by Crippen LogP contribution is -2.39. The molecular formula is C24H28N2O4S. The third-order valence-corrected chi connectivity index (χ3v) is 7.41. The number of Topliss-reactive ketones (excluding diaryl/α,β-unsaturated/α-hetero) is 1. The first-order valence-corrected chi connectivity index (χ1v) is 11.7. The predicted octanol–water partition coefficient (Wildman–Crippen LogP) is 4.88. The molecule has 0 radical (unpaired) electrons. The van der Waals surface area contributed by atoms with Crippen molar-refractivity contribution < 1.29 is 19.1 Å². The Bertz CT molecular complexity index is 999. The van der Waals surface area contributed by atoms with E-state index in [1.165, 1.54) is 18.3 Å². The van der Waals surface area contributed by atoms with Crippen LogP contribution in [0.15, 0.2) is 23.6 Å². The van der Waals surface area contributed by atoms with E-state index >= 15 is 0 Å². The molecule has 2 fully saturated rings. The Morgan fingerprint density at radius 3 is 2.52 bits per heavy atom. The van der Waals surface area contributed by atoms with Crippen LogP contribution >= 0.6 is 11.3 Å². The summed E-state index contributed by atoms with van der Waals surface area (Å²) < 4.78 is 5.55. The van der Waals surface area contributed by atoms with Gasteiger partial charge in [-0.25, -0.2) is 4.98 Å². The van der Waals surface area contributed by atoms with Gasteiger partial charge in [0.25, 0.3) is 0 Å². The zero-order chi connectivity index (χ0) is 22.1. The van der Waals surface area contributed by atoms with E-state index in [9.17, 15) is 14.4 Å². The van der Waals surface area contributed by atoms with Crippen LogP contribution in [0.1, 0.15) is 55.8 Å². The summed E-state index contributed by atoms with van der Waals surface area (Å²) in [5, 5.41) is 2.37. The number of carbonyl (C=O) groups is 3. The zero-order valence-corrected chi connectivity index (χ0v) is 19.0. The van der Waals surface area contributed by atoms with Gasteiger partial charge in [-0.05, 0) is 62.8 Å². The van der Waals surface area contributed by atoms with Crippen molar-refractivity contribution >= 4 is 39.8 Å². The van der Waals surface area contributed by atoms with Gasteiger partial charge < -0.3 is 4.74 Å². The monoisotopic (exact) mass is 440 g/mol. The molecule has 1 aromatic heterocycles. The SMILES string of the molecule is CC(=O)N(c1ccc(C)c(C)c1)c1nc(COC(=O)C2C[C@H]3CCC[C@H](C2)C3=O)cs1. The summed E-state index contributed by atoms with van der Waals surface area (Å²) in [7, 11) is 0. The Morgan fingerprint density at radius 1 is 1.16 bits per heavy atom. The van der Waals surface area contributed by atoms with E-state index in [1.54, 1.807) is 4.90 Å². The van der Waals surface area contributed by atoms with Crippen LogP contribution < -0.4 is 4.90 Å². The Hall–Kier alpha value is -2.54. The molecular weight excluding hydrogens is 412 g/mol. The van der Waals surface area contributed by atoms with Crippen molar-refractivity contribution in [3.05, 3.63) is 40.4 Å². The van der Waals surface area contributed by atoms with Crippen molar-refractivity contribution in [2.75, 3.05) is 4.90 Å². The lowest BCUT2D eigenvalue weighted by molar-refractivity contribution is -0.154. The number of hydrogen-bond acceptors (Lipinski definition) is 6. The van der Waals surface area contributed by atoms with Crippen LogP contribution in [-0.4, -0.2) is 22.6 Å². The number of amides is 1. The van der Waals surface area contributed by atoms with E-state index in [0.717, 1.165) is 36.1 Å². The average Bonchev–Trinajstić information content (AvgIpc) is 3.17. The maximum atomic E-state index is 12.6. The van der Waals surface area contributed by atoms with Gasteiger partial charge in [0.05, 0.1) is 17.3 Å². The highest BCUT2D eigenvalue weighted by molar-refractivity contribution is 7.14. The van der Waals surface area contributed by atoms with Crippen molar-refractivity contribution in [2.45, 2.75) is 59.5 Å². The molecule has 164 valence electrons. The molecule has 1 heterocycles. The number of ether oxygens (including phenoxy) is 1. The number of ketones is 1. The number of esters is 1. The highest BCUT2D eigenvalue weighted by Gasteiger charge is 2.41. The second-order valence-electron chi connectivity index (χ2n) is 8.75. The summed E-state index contributed by atoms with van der Waals surface area (Å²) >= 11 is 1.35. The number of carbonyl (C=O) groups excluding carboxylic acids is 3. The number of anilines is 2. The van der Waals surface area contributed by atoms with Crippen molar-refractivity contribution in [1.82, 2.24) is 4.98 Å². The van der Waals surface area contributed by atoms with Crippen molar-refractivity contribution in [3.63, 3.8) is 0 Å². The van der Waals surface area contributed by atoms with Gasteiger partial charge in [0, 0.05) is 24.1 Å². The number of rotatable bonds is 5. The third-order valence-electron chi connectivity index (χ3n) is 6.54. The van der Waals surface area contributed by atoms with E-state index in [4.69, 9.17) is 4.74 Å². The molecule has 0 N–H and O–H groups in total. The Labute approximate surface area is 186 Å². The second-order valence-corrected chi connectivity index (χ2v) is 9.58. The van der Waals surface area contributed by atoms with Gasteiger partial charge in [0.15, 0.2) is 5.13 Å². The number of thiazole rings is 1. The normalized spacial score (nSPS) is 22.8. The van der Waals surface area contributed by atoms with Crippen LogP contribution in [-0.2, 0) is 25.7 Å². The molecule has 0 unspecified atom stereocenters. The Morgan fingerprint density at radius 2 is 1.87 bits per heavy atom. The lowest BCUT2D eigenvalue weighted by atomic mass is 9.67. The average molecular weight is 441 g/mol. The zero-order valence-electron chi connectivity index (χ0n) is 18.2. The molecule has 4 rings (SSSR count). The molecule has 1 amide bonds. The summed E-state index contributed by atoms with van der Waals surface area (Å²) in [6.07, 6.45) is 4.10. The van der Waals surface area contributed by atoms with E-state index in [1.807, 2.05) is 37.4 Å². The molecule has 2 aliphatic rings. The van der Waals surface area contributed by atoms with E-state index in [0.29, 0.717) is 29.5 Å². The fourth-order valence-corrected chi connectivity index (χ4v) is 5.56. The van der Waals surface area contributed by atoms with Crippen LogP contribution in [0.3, 0.4) is 0 Å². The van der Waals surface area contributed by atoms with Crippen molar-refractivity contribution in [3.8, 4) is 0 Å². The van der Waals surface area contributed by atoms with Gasteiger partial charge in [0.1, 0.15) is 12.4 Å². The Balaban J connectivity index is 1.41. The number of aryl methyl sites for hydroxylation is 2. The van der Waals surface area contributed by atoms with Gasteiger partial charge in [0.2, 0.25) is 5.91 Å². The van der Waals surface area contributed by atoms with Crippen LogP contribution in [0.5, 0.6) is 0 Å². The minimum Gasteiger partial charge on any atom is -0.459 e. The fraction of sp³-hybridized carbons (Fsp3) is 0.500. The molecule has 2 aromatic rings. The lowest BCUT2D eigenvalue weighted by Gasteiger charge is -2.36. The standard InChI is InChI=1S/C24H28N2O4S/c1-14-7-8-21(9-15(14)2)26(16(3)27)24-25-20(13-31-24)12-30-23(29)19-10-17-5-4-6-18(11-19)22(17)28/h7-9,13,17-19H,4-6,10-12H2,1-3H3/t17-,18-/m1/s1. The number of nitrogens with zero attached hydrogens (tertiary/aromatic N) is 2. The molecule has 1 aromatic carbocycles. The van der Waals surface area contributed by atoms with Gasteiger partial charge in [-0.3, -0.25) is 19.3 Å². The van der Waals surface area contributed by atoms with Crippen LogP contribution in [0.4, 0.5) is 10.8 Å². The van der Waals surface area contributed by atoms with E-state index in [-0.39, 0.29) is 36.2 Å². The number of hydrogen-bond donors (Lipinski definition) is 0. The third kappa shape index (κ3) is 4.56. The van der Waals surface area contributed by atoms with Crippen molar-refractivity contribution in [1.29, 1.82) is 0 Å². The molecule has 2 atom stereocenters. The molecule has 2 bridgehead atoms. The molecule has 0 aliphatic heterocycles. The summed E-state index contributed by atoms with van der Waals surface area (Å²) in [6.45, 7) is 5.63. The number of benzene rings is 1. The molecule has 2 saturated carbocycles. The number of aromatic nitrogens is 1. The summed E-state index contributed by atoms with van der Waals surface area (Å²) in [6, 6.07) is 5.87. The van der Waals surface area contributed by atoms with Gasteiger partial charge in [-0.1, -0.05) is 12.5 Å². The fourth-order valence-electron chi connectivity index (χ4n) is 4.69. The van der Waals surface area contributed by atoms with Gasteiger partial charge >= 0.3 is 5.97 Å². The minimum atomic E-state index is -0.239. The quantitative estimate of drug-likeness (QED) is 0.619. The van der Waals surface area contributed by atoms with Crippen LogP contribution in [0.25, 0.3) is 0 Å². The summed E-state index contributed by atoms with van der Waals surface area (Å²) in [5.41, 5.74) is 3.65. The highest BCUT2D eigenvalue weighted by Crippen LogP contribution is 2.40. The van der Waals surface area contributed by atoms with Crippen LogP contribution in [0.2, 0.25) is 0 Å². The summed E-state index contributed by atoms with van der Waals surface area (Å²) in [4.78, 5) is 43.3. The molecule has 31 heavy (non-hydrogen) atoms. The molecule has 0 saturated heterocycles. The van der Waals surface area contributed by atoms with E-state index in [2.05, 4.69) is 4.98 Å². The first kappa shape index (κ1) is 21.7. The number of fused-ring (bicyclic) bond motifs is 2. The molecule has 7 heteroatoms. The largest absolute Gasteiger partial charge is 0.459 e. The molecule has 2 aliphatic carbocycles. The molecule has 0 spiro atoms. The second kappa shape index (κ2) is 8.91. The van der Waals surface area contributed by atoms with Gasteiger partial charge in [-0.15, -0.1) is 11.3 Å². The first-order valence-electron chi connectivity index (χ1n) is 10.9.